The molecule has 1 aromatic rings. The molecule has 2 saturated heterocycles. The number of nitrogens with zero attached hydrogens (tertiary/aromatic N) is 2. The second-order valence-corrected chi connectivity index (χ2v) is 5.48. The van der Waals surface area contributed by atoms with Crippen molar-refractivity contribution < 1.29 is 9.90 Å². The molecule has 0 unspecified atom stereocenters. The Bertz CT molecular complexity index is 451. The molecule has 2 fully saturated rings. The number of carbonyl (C=O) groups excluding carboxylic acids is 1. The SMILES string of the molecule is O=C(c1cccn1C1CCNCC1)N1CC[C@@H](O)C1. The van der Waals surface area contributed by atoms with Gasteiger partial charge in [-0.1, -0.05) is 0 Å². The molecule has 1 atom stereocenters. The average Bonchev–Trinajstić information content (AvgIpc) is 3.07. The number of β-amino-alcohol motifs (C(OH)–C–C–N with tert-alkyl or cyclic N) is 1. The fourth-order valence-electron chi connectivity index (χ4n) is 3.07. The molecule has 2 aliphatic rings. The smallest absolute Gasteiger partial charge is 0.270 e. The fraction of sp³-hybridized carbons (Fsp3) is 0.643. The van der Waals surface area contributed by atoms with E-state index in [9.17, 15) is 9.90 Å². The molecule has 0 radical (unpaired) electrons. The molecule has 2 N–H and O–H groups in total. The van der Waals surface area contributed by atoms with Crippen molar-refractivity contribution in [1.29, 1.82) is 0 Å². The minimum atomic E-state index is -0.355. The predicted molar refractivity (Wildman–Crippen MR) is 72.1 cm³/mol. The van der Waals surface area contributed by atoms with Crippen molar-refractivity contribution in [2.24, 2.45) is 0 Å². The standard InChI is InChI=1S/C14H21N3O2/c18-12-5-9-16(10-12)14(19)13-2-1-8-17(13)11-3-6-15-7-4-11/h1-2,8,11-12,15,18H,3-7,9-10H2/t12-/m1/s1. The molecular weight excluding hydrogens is 242 g/mol. The first-order valence-corrected chi connectivity index (χ1v) is 7.10. The number of carbonyl (C=O) groups is 1. The number of aromatic nitrogens is 1. The van der Waals surface area contributed by atoms with Crippen LogP contribution in [0.5, 0.6) is 0 Å². The number of likely N-dealkylation sites (tertiary alicyclic amines) is 1. The molecule has 3 rings (SSSR count). The molecule has 0 aliphatic carbocycles. The van der Waals surface area contributed by atoms with Crippen molar-refractivity contribution in [3.05, 3.63) is 24.0 Å². The number of amides is 1. The van der Waals surface area contributed by atoms with Gasteiger partial charge in [-0.2, -0.15) is 0 Å². The van der Waals surface area contributed by atoms with Crippen LogP contribution in [0.15, 0.2) is 18.3 Å². The van der Waals surface area contributed by atoms with Crippen molar-refractivity contribution in [3.8, 4) is 0 Å². The monoisotopic (exact) mass is 263 g/mol. The first kappa shape index (κ1) is 12.7. The summed E-state index contributed by atoms with van der Waals surface area (Å²) in [6, 6.07) is 4.26. The predicted octanol–water partition coefficient (Wildman–Crippen LogP) is 0.619. The van der Waals surface area contributed by atoms with Crippen LogP contribution in [0.1, 0.15) is 35.8 Å². The summed E-state index contributed by atoms with van der Waals surface area (Å²) in [5.41, 5.74) is 0.765. The highest BCUT2D eigenvalue weighted by molar-refractivity contribution is 5.93. The van der Waals surface area contributed by atoms with E-state index in [2.05, 4.69) is 9.88 Å². The van der Waals surface area contributed by atoms with Crippen LogP contribution in [0.25, 0.3) is 0 Å². The van der Waals surface area contributed by atoms with Crippen LogP contribution in [0.2, 0.25) is 0 Å². The molecular formula is C14H21N3O2. The summed E-state index contributed by atoms with van der Waals surface area (Å²) < 4.78 is 2.12. The van der Waals surface area contributed by atoms with E-state index in [0.29, 0.717) is 25.6 Å². The van der Waals surface area contributed by atoms with Gasteiger partial charge in [0.1, 0.15) is 5.69 Å². The normalized spacial score (nSPS) is 24.9. The second kappa shape index (κ2) is 5.35. The quantitative estimate of drug-likeness (QED) is 0.822. The maximum atomic E-state index is 12.5. The first-order valence-electron chi connectivity index (χ1n) is 7.10. The van der Waals surface area contributed by atoms with Gasteiger partial charge in [-0.15, -0.1) is 0 Å². The number of piperidine rings is 1. The Morgan fingerprint density at radius 3 is 2.79 bits per heavy atom. The molecule has 5 heteroatoms. The molecule has 3 heterocycles. The maximum Gasteiger partial charge on any atom is 0.270 e. The van der Waals surface area contributed by atoms with E-state index in [1.807, 2.05) is 18.3 Å². The van der Waals surface area contributed by atoms with E-state index in [0.717, 1.165) is 31.6 Å². The second-order valence-electron chi connectivity index (χ2n) is 5.48. The van der Waals surface area contributed by atoms with Crippen LogP contribution in [-0.2, 0) is 0 Å². The van der Waals surface area contributed by atoms with Crippen LogP contribution in [0, 0.1) is 0 Å². The molecule has 0 spiro atoms. The van der Waals surface area contributed by atoms with Crippen molar-refractivity contribution in [1.82, 2.24) is 14.8 Å². The molecule has 0 bridgehead atoms. The highest BCUT2D eigenvalue weighted by Crippen LogP contribution is 2.23. The van der Waals surface area contributed by atoms with Crippen LogP contribution in [0.3, 0.4) is 0 Å². The van der Waals surface area contributed by atoms with Crippen LogP contribution in [0.4, 0.5) is 0 Å². The Hall–Kier alpha value is -1.33. The summed E-state index contributed by atoms with van der Waals surface area (Å²) in [6.45, 7) is 3.16. The molecule has 1 aromatic heterocycles. The van der Waals surface area contributed by atoms with Crippen LogP contribution < -0.4 is 5.32 Å². The lowest BCUT2D eigenvalue weighted by atomic mass is 10.1. The number of nitrogens with one attached hydrogen (secondary N) is 1. The average molecular weight is 263 g/mol. The lowest BCUT2D eigenvalue weighted by molar-refractivity contribution is 0.0750. The van der Waals surface area contributed by atoms with Crippen molar-refractivity contribution in [2.75, 3.05) is 26.2 Å². The van der Waals surface area contributed by atoms with Crippen LogP contribution >= 0.6 is 0 Å². The minimum absolute atomic E-state index is 0.0556. The fourth-order valence-corrected chi connectivity index (χ4v) is 3.07. The topological polar surface area (TPSA) is 57.5 Å². The van der Waals surface area contributed by atoms with E-state index < -0.39 is 0 Å². The van der Waals surface area contributed by atoms with Crippen molar-refractivity contribution >= 4 is 5.91 Å². The highest BCUT2D eigenvalue weighted by atomic mass is 16.3. The minimum Gasteiger partial charge on any atom is -0.391 e. The van der Waals surface area contributed by atoms with E-state index in [1.165, 1.54) is 0 Å². The Morgan fingerprint density at radius 2 is 2.11 bits per heavy atom. The van der Waals surface area contributed by atoms with E-state index >= 15 is 0 Å². The zero-order valence-corrected chi connectivity index (χ0v) is 11.1. The van der Waals surface area contributed by atoms with Gasteiger partial charge in [0.15, 0.2) is 0 Å². The van der Waals surface area contributed by atoms with E-state index in [4.69, 9.17) is 0 Å². The van der Waals surface area contributed by atoms with Gasteiger partial charge in [0.25, 0.3) is 5.91 Å². The Labute approximate surface area is 113 Å². The molecule has 1 amide bonds. The molecule has 5 nitrogen and oxygen atoms in total. The first-order chi connectivity index (χ1) is 9.25. The summed E-state index contributed by atoms with van der Waals surface area (Å²) in [5, 5.41) is 12.9. The third-order valence-electron chi connectivity index (χ3n) is 4.15. The number of aliphatic hydroxyl groups is 1. The molecule has 19 heavy (non-hydrogen) atoms. The van der Waals surface area contributed by atoms with Crippen LogP contribution in [-0.4, -0.2) is 52.8 Å². The Morgan fingerprint density at radius 1 is 1.32 bits per heavy atom. The van der Waals surface area contributed by atoms with Crippen molar-refractivity contribution in [3.63, 3.8) is 0 Å². The number of rotatable bonds is 2. The summed E-state index contributed by atoms with van der Waals surface area (Å²) in [6.07, 6.45) is 4.48. The summed E-state index contributed by atoms with van der Waals surface area (Å²) >= 11 is 0. The van der Waals surface area contributed by atoms with Gasteiger partial charge in [-0.3, -0.25) is 4.79 Å². The summed E-state index contributed by atoms with van der Waals surface area (Å²) in [5.74, 6) is 0.0556. The zero-order chi connectivity index (χ0) is 13.2. The summed E-state index contributed by atoms with van der Waals surface area (Å²) in [7, 11) is 0. The molecule has 104 valence electrons. The third-order valence-corrected chi connectivity index (χ3v) is 4.15. The molecule has 2 aliphatic heterocycles. The lowest BCUT2D eigenvalue weighted by Crippen LogP contribution is -2.34. The number of hydrogen-bond acceptors (Lipinski definition) is 3. The lowest BCUT2D eigenvalue weighted by Gasteiger charge is -2.27. The van der Waals surface area contributed by atoms with Gasteiger partial charge in [0.05, 0.1) is 6.10 Å². The van der Waals surface area contributed by atoms with E-state index in [1.54, 1.807) is 4.90 Å². The van der Waals surface area contributed by atoms with Gasteiger partial charge < -0.3 is 19.9 Å². The Balaban J connectivity index is 1.77. The number of aliphatic hydroxyl groups excluding tert-OH is 1. The largest absolute Gasteiger partial charge is 0.391 e. The van der Waals surface area contributed by atoms with Gasteiger partial charge in [0, 0.05) is 25.3 Å². The van der Waals surface area contributed by atoms with Gasteiger partial charge in [-0.05, 0) is 44.5 Å². The van der Waals surface area contributed by atoms with Gasteiger partial charge in [-0.25, -0.2) is 0 Å². The maximum absolute atomic E-state index is 12.5. The van der Waals surface area contributed by atoms with Crippen molar-refractivity contribution in [2.45, 2.75) is 31.4 Å². The third kappa shape index (κ3) is 2.53. The summed E-state index contributed by atoms with van der Waals surface area (Å²) in [4.78, 5) is 14.3. The van der Waals surface area contributed by atoms with Gasteiger partial charge in [0.2, 0.25) is 0 Å². The Kier molecular flexibility index (Phi) is 3.57. The zero-order valence-electron chi connectivity index (χ0n) is 11.1. The molecule has 0 aromatic carbocycles. The van der Waals surface area contributed by atoms with Gasteiger partial charge >= 0.3 is 0 Å². The molecule has 0 saturated carbocycles. The highest BCUT2D eigenvalue weighted by Gasteiger charge is 2.28. The van der Waals surface area contributed by atoms with E-state index in [-0.39, 0.29) is 12.0 Å². The number of hydrogen-bond donors (Lipinski definition) is 2.